The number of benzene rings is 1. The van der Waals surface area contributed by atoms with Gasteiger partial charge in [-0.2, -0.15) is 5.10 Å². The molecule has 1 saturated heterocycles. The number of pyridine rings is 1. The van der Waals surface area contributed by atoms with E-state index in [9.17, 15) is 20.1 Å². The van der Waals surface area contributed by atoms with E-state index in [0.29, 0.717) is 48.3 Å². The van der Waals surface area contributed by atoms with E-state index >= 15 is 0 Å². The van der Waals surface area contributed by atoms with Crippen molar-refractivity contribution < 1.29 is 20.1 Å². The Labute approximate surface area is 174 Å². The highest BCUT2D eigenvalue weighted by molar-refractivity contribution is 6.04. The molecular formula is C22H26N4O4. The Bertz CT molecular complexity index is 1080. The Morgan fingerprint density at radius 3 is 2.70 bits per heavy atom. The summed E-state index contributed by atoms with van der Waals surface area (Å²) in [5, 5.41) is 36.2. The average Bonchev–Trinajstić information content (AvgIpc) is 3.03. The molecule has 2 atom stereocenters. The number of carbonyl (C=O) groups is 1. The van der Waals surface area contributed by atoms with Crippen molar-refractivity contribution in [3.8, 4) is 0 Å². The number of hydrogen-bond acceptors (Lipinski definition) is 6. The van der Waals surface area contributed by atoms with E-state index < -0.39 is 17.5 Å². The summed E-state index contributed by atoms with van der Waals surface area (Å²) in [5.74, 6) is -1.06. The molecule has 1 aromatic carbocycles. The smallest absolute Gasteiger partial charge is 0.339 e. The fourth-order valence-corrected chi connectivity index (χ4v) is 4.60. The predicted octanol–water partition coefficient (Wildman–Crippen LogP) is 1.77. The van der Waals surface area contributed by atoms with Gasteiger partial charge >= 0.3 is 5.97 Å². The minimum absolute atomic E-state index is 0.0986. The van der Waals surface area contributed by atoms with E-state index in [1.807, 2.05) is 42.2 Å². The molecule has 1 aliphatic rings. The number of carboxylic acid groups (broad SMARTS) is 1. The van der Waals surface area contributed by atoms with Gasteiger partial charge in [-0.15, -0.1) is 0 Å². The van der Waals surface area contributed by atoms with Crippen LogP contribution in [0.3, 0.4) is 0 Å². The van der Waals surface area contributed by atoms with Gasteiger partial charge in [-0.05, 0) is 25.3 Å². The first kappa shape index (κ1) is 20.3. The van der Waals surface area contributed by atoms with Crippen LogP contribution < -0.4 is 4.90 Å². The summed E-state index contributed by atoms with van der Waals surface area (Å²) in [5.41, 5.74) is 2.17. The van der Waals surface area contributed by atoms with Gasteiger partial charge in [-0.3, -0.25) is 4.68 Å². The van der Waals surface area contributed by atoms with E-state index in [2.05, 4.69) is 10.1 Å². The number of aromatic nitrogens is 3. The summed E-state index contributed by atoms with van der Waals surface area (Å²) in [7, 11) is 1.78. The second-order valence-electron chi connectivity index (χ2n) is 8.14. The van der Waals surface area contributed by atoms with Crippen LogP contribution in [0.25, 0.3) is 11.0 Å². The Hall–Kier alpha value is -2.97. The van der Waals surface area contributed by atoms with Crippen molar-refractivity contribution in [3.63, 3.8) is 0 Å². The van der Waals surface area contributed by atoms with Crippen molar-refractivity contribution in [1.29, 1.82) is 0 Å². The zero-order chi connectivity index (χ0) is 21.5. The van der Waals surface area contributed by atoms with Gasteiger partial charge in [0, 0.05) is 31.7 Å². The third-order valence-corrected chi connectivity index (χ3v) is 6.15. The molecule has 0 saturated carbocycles. The molecule has 1 aliphatic heterocycles. The standard InChI is InChI=1S/C22H26N4O4/c1-14-18-19(16(21(29)30)11-23-20(18)25(2)24-14)26-9-8-17(28)22(12-26,13-27)10-15-6-4-3-5-7-15/h3-7,11,17,27-28H,8-10,12-13H2,1-2H3,(H,29,30)/t17-,22+/m0/s1. The number of fused-ring (bicyclic) bond motifs is 1. The monoisotopic (exact) mass is 410 g/mol. The van der Waals surface area contributed by atoms with Crippen molar-refractivity contribution in [3.05, 3.63) is 53.3 Å². The van der Waals surface area contributed by atoms with Crippen LogP contribution in [-0.4, -0.2) is 61.9 Å². The summed E-state index contributed by atoms with van der Waals surface area (Å²) >= 11 is 0. The molecular weight excluding hydrogens is 384 g/mol. The fraction of sp³-hybridized carbons (Fsp3) is 0.409. The van der Waals surface area contributed by atoms with Crippen molar-refractivity contribution in [2.45, 2.75) is 25.9 Å². The quantitative estimate of drug-likeness (QED) is 0.588. The highest BCUT2D eigenvalue weighted by atomic mass is 16.4. The van der Waals surface area contributed by atoms with Gasteiger partial charge in [-0.1, -0.05) is 30.3 Å². The maximum atomic E-state index is 12.0. The first-order valence-electron chi connectivity index (χ1n) is 9.99. The van der Waals surface area contributed by atoms with Crippen molar-refractivity contribution >= 4 is 22.7 Å². The van der Waals surface area contributed by atoms with E-state index in [1.54, 1.807) is 11.7 Å². The molecule has 1 fully saturated rings. The lowest BCUT2D eigenvalue weighted by Crippen LogP contribution is -2.55. The van der Waals surface area contributed by atoms with Crippen molar-refractivity contribution in [2.24, 2.45) is 12.5 Å². The van der Waals surface area contributed by atoms with Crippen LogP contribution in [0.5, 0.6) is 0 Å². The Morgan fingerprint density at radius 1 is 1.30 bits per heavy atom. The van der Waals surface area contributed by atoms with Crippen molar-refractivity contribution in [2.75, 3.05) is 24.6 Å². The lowest BCUT2D eigenvalue weighted by Gasteiger charge is -2.46. The van der Waals surface area contributed by atoms with Crippen LogP contribution in [0, 0.1) is 12.3 Å². The van der Waals surface area contributed by atoms with Crippen LogP contribution in [0.15, 0.2) is 36.5 Å². The van der Waals surface area contributed by atoms with Gasteiger partial charge in [0.15, 0.2) is 5.65 Å². The molecule has 0 bridgehead atoms. The molecule has 0 radical (unpaired) electrons. The van der Waals surface area contributed by atoms with Crippen LogP contribution in [0.1, 0.15) is 28.0 Å². The van der Waals surface area contributed by atoms with Gasteiger partial charge in [0.05, 0.1) is 29.5 Å². The normalized spacial score (nSPS) is 21.9. The van der Waals surface area contributed by atoms with Gasteiger partial charge in [0.25, 0.3) is 0 Å². The van der Waals surface area contributed by atoms with E-state index in [1.165, 1.54) is 6.20 Å². The highest BCUT2D eigenvalue weighted by Gasteiger charge is 2.43. The average molecular weight is 410 g/mol. The van der Waals surface area contributed by atoms with Gasteiger partial charge in [-0.25, -0.2) is 9.78 Å². The largest absolute Gasteiger partial charge is 0.478 e. The van der Waals surface area contributed by atoms with Crippen LogP contribution >= 0.6 is 0 Å². The molecule has 158 valence electrons. The number of anilines is 1. The third-order valence-electron chi connectivity index (χ3n) is 6.15. The second-order valence-corrected chi connectivity index (χ2v) is 8.14. The summed E-state index contributed by atoms with van der Waals surface area (Å²) in [4.78, 5) is 18.3. The Balaban J connectivity index is 1.82. The molecule has 8 heteroatoms. The summed E-state index contributed by atoms with van der Waals surface area (Å²) in [6.45, 7) is 2.43. The van der Waals surface area contributed by atoms with Gasteiger partial charge in [0.2, 0.25) is 0 Å². The summed E-state index contributed by atoms with van der Waals surface area (Å²) in [6.07, 6.45) is 1.59. The molecule has 0 unspecified atom stereocenters. The minimum atomic E-state index is -1.06. The number of aryl methyl sites for hydroxylation is 2. The first-order chi connectivity index (χ1) is 14.4. The molecule has 3 aromatic rings. The first-order valence-corrected chi connectivity index (χ1v) is 9.99. The second kappa shape index (κ2) is 7.70. The molecule has 30 heavy (non-hydrogen) atoms. The summed E-state index contributed by atoms with van der Waals surface area (Å²) in [6, 6.07) is 9.74. The molecule has 4 rings (SSSR count). The maximum absolute atomic E-state index is 12.0. The molecule has 0 aliphatic carbocycles. The zero-order valence-electron chi connectivity index (χ0n) is 17.1. The van der Waals surface area contributed by atoms with Crippen LogP contribution in [0.2, 0.25) is 0 Å². The number of carboxylic acids is 1. The van der Waals surface area contributed by atoms with Crippen LogP contribution in [-0.2, 0) is 13.5 Å². The summed E-state index contributed by atoms with van der Waals surface area (Å²) < 4.78 is 1.64. The molecule has 8 nitrogen and oxygen atoms in total. The maximum Gasteiger partial charge on any atom is 0.339 e. The SMILES string of the molecule is Cc1nn(C)c2ncc(C(=O)O)c(N3CC[C@H](O)[C@](CO)(Cc4ccccc4)C3)c12. The topological polar surface area (TPSA) is 112 Å². The van der Waals surface area contributed by atoms with E-state index in [0.717, 1.165) is 5.56 Å². The number of aromatic carboxylic acids is 1. The number of rotatable bonds is 5. The van der Waals surface area contributed by atoms with Gasteiger partial charge in [0.1, 0.15) is 5.56 Å². The third kappa shape index (κ3) is 3.32. The molecule has 0 amide bonds. The molecule has 2 aromatic heterocycles. The molecule has 3 heterocycles. The number of piperidine rings is 1. The molecule has 0 spiro atoms. The number of aliphatic hydroxyl groups is 2. The minimum Gasteiger partial charge on any atom is -0.478 e. The predicted molar refractivity (Wildman–Crippen MR) is 113 cm³/mol. The number of hydrogen-bond donors (Lipinski definition) is 3. The van der Waals surface area contributed by atoms with E-state index in [4.69, 9.17) is 0 Å². The Morgan fingerprint density at radius 2 is 2.03 bits per heavy atom. The zero-order valence-corrected chi connectivity index (χ0v) is 17.1. The molecule has 3 N–H and O–H groups in total. The Kier molecular flexibility index (Phi) is 5.21. The highest BCUT2D eigenvalue weighted by Crippen LogP contribution is 2.40. The van der Waals surface area contributed by atoms with Gasteiger partial charge < -0.3 is 20.2 Å². The van der Waals surface area contributed by atoms with Crippen LogP contribution in [0.4, 0.5) is 5.69 Å². The lowest BCUT2D eigenvalue weighted by molar-refractivity contribution is -0.0290. The number of nitrogens with zero attached hydrogens (tertiary/aromatic N) is 4. The number of aliphatic hydroxyl groups excluding tert-OH is 2. The van der Waals surface area contributed by atoms with Crippen molar-refractivity contribution in [1.82, 2.24) is 14.8 Å². The lowest BCUT2D eigenvalue weighted by atomic mass is 9.73. The van der Waals surface area contributed by atoms with E-state index in [-0.39, 0.29) is 12.2 Å². The fourth-order valence-electron chi connectivity index (χ4n) is 4.60.